The number of aliphatic hydroxyl groups excluding tert-OH is 2. The first kappa shape index (κ1) is 15.1. The summed E-state index contributed by atoms with van der Waals surface area (Å²) in [5.74, 6) is -0.784. The summed E-state index contributed by atoms with van der Waals surface area (Å²) >= 11 is 0. The van der Waals surface area contributed by atoms with Crippen LogP contribution in [0.4, 0.5) is 5.69 Å². The molecule has 1 aromatic rings. The summed E-state index contributed by atoms with van der Waals surface area (Å²) in [5, 5.41) is 19.6. The minimum Gasteiger partial charge on any atom is -0.469 e. The van der Waals surface area contributed by atoms with Crippen LogP contribution in [0, 0.1) is 0 Å². The van der Waals surface area contributed by atoms with Gasteiger partial charge in [-0.1, -0.05) is 12.1 Å². The van der Waals surface area contributed by atoms with Crippen molar-refractivity contribution in [3.8, 4) is 0 Å². The third-order valence-electron chi connectivity index (χ3n) is 2.78. The van der Waals surface area contributed by atoms with Crippen LogP contribution in [0.15, 0.2) is 18.2 Å². The van der Waals surface area contributed by atoms with Gasteiger partial charge in [-0.05, 0) is 13.0 Å². The van der Waals surface area contributed by atoms with E-state index in [4.69, 9.17) is 5.73 Å². The van der Waals surface area contributed by atoms with E-state index in [0.717, 1.165) is 0 Å². The topological polar surface area (TPSA) is 110 Å². The van der Waals surface area contributed by atoms with Crippen molar-refractivity contribution in [3.63, 3.8) is 0 Å². The molecule has 0 aromatic heterocycles. The predicted octanol–water partition coefficient (Wildman–Crippen LogP) is 0.429. The molecule has 0 saturated heterocycles. The number of nitrogen functional groups attached to an aromatic ring is 1. The molecule has 1 aromatic carbocycles. The van der Waals surface area contributed by atoms with Gasteiger partial charge < -0.3 is 20.7 Å². The van der Waals surface area contributed by atoms with E-state index in [0.29, 0.717) is 5.56 Å². The molecule has 6 heteroatoms. The molecule has 1 rings (SSSR count). The zero-order chi connectivity index (χ0) is 14.6. The number of benzene rings is 1. The quantitative estimate of drug-likeness (QED) is 0.405. The summed E-state index contributed by atoms with van der Waals surface area (Å²) in [7, 11) is 1.19. The van der Waals surface area contributed by atoms with Crippen LogP contribution in [0.3, 0.4) is 0 Å². The molecule has 0 bridgehead atoms. The SMILES string of the molecule is COC(=O)CC(O)C(O)c1ccc(C(C)=O)cc1N. The Bertz CT molecular complexity index is 486. The monoisotopic (exact) mass is 267 g/mol. The highest BCUT2D eigenvalue weighted by Crippen LogP contribution is 2.26. The number of methoxy groups -OCH3 is 1. The van der Waals surface area contributed by atoms with Crippen LogP contribution in [-0.4, -0.2) is 35.2 Å². The molecule has 0 amide bonds. The van der Waals surface area contributed by atoms with Crippen molar-refractivity contribution in [2.45, 2.75) is 25.6 Å². The fraction of sp³-hybridized carbons (Fsp3) is 0.385. The van der Waals surface area contributed by atoms with E-state index in [1.165, 1.54) is 32.2 Å². The molecule has 6 nitrogen and oxygen atoms in total. The summed E-state index contributed by atoms with van der Waals surface area (Å²) < 4.78 is 4.40. The van der Waals surface area contributed by atoms with Crippen LogP contribution < -0.4 is 5.73 Å². The first-order chi connectivity index (χ1) is 8.86. The molecule has 0 heterocycles. The number of hydrogen-bond donors (Lipinski definition) is 3. The van der Waals surface area contributed by atoms with Gasteiger partial charge in [0, 0.05) is 16.8 Å². The Morgan fingerprint density at radius 2 is 2.00 bits per heavy atom. The Labute approximate surface area is 110 Å². The van der Waals surface area contributed by atoms with Gasteiger partial charge in [0.2, 0.25) is 0 Å². The van der Waals surface area contributed by atoms with E-state index in [9.17, 15) is 19.8 Å². The van der Waals surface area contributed by atoms with Crippen molar-refractivity contribution < 1.29 is 24.5 Å². The summed E-state index contributed by atoms with van der Waals surface area (Å²) in [6.07, 6.45) is -2.98. The van der Waals surface area contributed by atoms with Gasteiger partial charge in [-0.3, -0.25) is 9.59 Å². The van der Waals surface area contributed by atoms with Gasteiger partial charge in [0.15, 0.2) is 5.78 Å². The van der Waals surface area contributed by atoms with E-state index in [1.807, 2.05) is 0 Å². The molecule has 0 fully saturated rings. The van der Waals surface area contributed by atoms with Crippen LogP contribution in [0.1, 0.15) is 35.4 Å². The van der Waals surface area contributed by atoms with Gasteiger partial charge in [-0.2, -0.15) is 0 Å². The summed E-state index contributed by atoms with van der Waals surface area (Å²) in [4.78, 5) is 22.2. The summed E-state index contributed by atoms with van der Waals surface area (Å²) in [6, 6.07) is 4.38. The lowest BCUT2D eigenvalue weighted by Crippen LogP contribution is -2.23. The summed E-state index contributed by atoms with van der Waals surface area (Å²) in [5.41, 5.74) is 6.58. The predicted molar refractivity (Wildman–Crippen MR) is 68.5 cm³/mol. The molecule has 2 unspecified atom stereocenters. The smallest absolute Gasteiger partial charge is 0.308 e. The van der Waals surface area contributed by atoms with E-state index in [-0.39, 0.29) is 23.5 Å². The molecule has 0 spiro atoms. The molecule has 0 radical (unpaired) electrons. The molecule has 4 N–H and O–H groups in total. The Hall–Kier alpha value is -1.92. The van der Waals surface area contributed by atoms with Crippen molar-refractivity contribution in [2.75, 3.05) is 12.8 Å². The Kier molecular flexibility index (Phi) is 5.02. The minimum absolute atomic E-state index is 0.150. The number of carbonyl (C=O) groups is 2. The highest BCUT2D eigenvalue weighted by atomic mass is 16.5. The van der Waals surface area contributed by atoms with Crippen LogP contribution in [0.2, 0.25) is 0 Å². The summed E-state index contributed by atoms with van der Waals surface area (Å²) in [6.45, 7) is 1.40. The highest BCUT2D eigenvalue weighted by Gasteiger charge is 2.23. The lowest BCUT2D eigenvalue weighted by atomic mass is 9.98. The molecule has 104 valence electrons. The average molecular weight is 267 g/mol. The molecule has 0 saturated carbocycles. The zero-order valence-corrected chi connectivity index (χ0v) is 10.8. The average Bonchev–Trinajstić information content (AvgIpc) is 2.37. The fourth-order valence-corrected chi connectivity index (χ4v) is 1.64. The highest BCUT2D eigenvalue weighted by molar-refractivity contribution is 5.95. The van der Waals surface area contributed by atoms with Crippen molar-refractivity contribution in [1.82, 2.24) is 0 Å². The Morgan fingerprint density at radius 1 is 1.37 bits per heavy atom. The molecule has 0 aliphatic carbocycles. The first-order valence-corrected chi connectivity index (χ1v) is 5.70. The van der Waals surface area contributed by atoms with Crippen LogP contribution in [0.5, 0.6) is 0 Å². The first-order valence-electron chi connectivity index (χ1n) is 5.70. The number of esters is 1. The minimum atomic E-state index is -1.32. The Morgan fingerprint density at radius 3 is 2.47 bits per heavy atom. The van der Waals surface area contributed by atoms with Crippen molar-refractivity contribution in [2.24, 2.45) is 0 Å². The molecule has 0 aliphatic heterocycles. The van der Waals surface area contributed by atoms with E-state index in [2.05, 4.69) is 4.74 Å². The number of aliphatic hydroxyl groups is 2. The van der Waals surface area contributed by atoms with Gasteiger partial charge in [0.05, 0.1) is 19.6 Å². The normalized spacial score (nSPS) is 13.7. The molecular formula is C13H17NO5. The zero-order valence-electron chi connectivity index (χ0n) is 10.8. The van der Waals surface area contributed by atoms with Gasteiger partial charge in [-0.25, -0.2) is 0 Å². The number of carbonyl (C=O) groups excluding carboxylic acids is 2. The molecule has 2 atom stereocenters. The molecule has 19 heavy (non-hydrogen) atoms. The number of ether oxygens (including phenoxy) is 1. The number of hydrogen-bond acceptors (Lipinski definition) is 6. The maximum absolute atomic E-state index is 11.2. The lowest BCUT2D eigenvalue weighted by molar-refractivity contribution is -0.144. The van der Waals surface area contributed by atoms with Crippen molar-refractivity contribution in [3.05, 3.63) is 29.3 Å². The number of rotatable bonds is 5. The van der Waals surface area contributed by atoms with Crippen LogP contribution >= 0.6 is 0 Å². The number of Topliss-reactive ketones (excluding diaryl/α,β-unsaturated/α-hetero) is 1. The number of nitrogens with two attached hydrogens (primary N) is 1. The van der Waals surface area contributed by atoms with E-state index >= 15 is 0 Å². The third-order valence-corrected chi connectivity index (χ3v) is 2.78. The molecular weight excluding hydrogens is 250 g/mol. The van der Waals surface area contributed by atoms with Gasteiger partial charge in [0.1, 0.15) is 6.10 Å². The van der Waals surface area contributed by atoms with Gasteiger partial charge >= 0.3 is 5.97 Å². The number of anilines is 1. The van der Waals surface area contributed by atoms with E-state index in [1.54, 1.807) is 0 Å². The number of ketones is 1. The largest absolute Gasteiger partial charge is 0.469 e. The van der Waals surface area contributed by atoms with Gasteiger partial charge in [0.25, 0.3) is 0 Å². The standard InChI is InChI=1S/C13H17NO5/c1-7(15)8-3-4-9(10(14)5-8)13(18)11(16)6-12(17)19-2/h3-5,11,13,16,18H,6,14H2,1-2H3. The van der Waals surface area contributed by atoms with Crippen LogP contribution in [-0.2, 0) is 9.53 Å². The second kappa shape index (κ2) is 6.31. The third kappa shape index (κ3) is 3.77. The Balaban J connectivity index is 2.90. The van der Waals surface area contributed by atoms with E-state index < -0.39 is 18.2 Å². The van der Waals surface area contributed by atoms with Crippen LogP contribution in [0.25, 0.3) is 0 Å². The second-order valence-electron chi connectivity index (χ2n) is 4.19. The molecule has 0 aliphatic rings. The lowest BCUT2D eigenvalue weighted by Gasteiger charge is -2.19. The second-order valence-corrected chi connectivity index (χ2v) is 4.19. The van der Waals surface area contributed by atoms with Crippen molar-refractivity contribution >= 4 is 17.4 Å². The van der Waals surface area contributed by atoms with Crippen molar-refractivity contribution in [1.29, 1.82) is 0 Å². The van der Waals surface area contributed by atoms with Gasteiger partial charge in [-0.15, -0.1) is 0 Å². The fourth-order valence-electron chi connectivity index (χ4n) is 1.64. The maximum atomic E-state index is 11.2. The maximum Gasteiger partial charge on any atom is 0.308 e.